The van der Waals surface area contributed by atoms with Gasteiger partial charge in [0.15, 0.2) is 5.65 Å². The summed E-state index contributed by atoms with van der Waals surface area (Å²) in [5.41, 5.74) is 1.42. The third-order valence-corrected chi connectivity index (χ3v) is 3.17. The third-order valence-electron chi connectivity index (χ3n) is 3.17. The van der Waals surface area contributed by atoms with Crippen LogP contribution in [0.2, 0.25) is 0 Å². The summed E-state index contributed by atoms with van der Waals surface area (Å²) < 4.78 is 1.40. The second kappa shape index (κ2) is 4.53. The molecule has 0 spiro atoms. The van der Waals surface area contributed by atoms with Gasteiger partial charge in [0.1, 0.15) is 6.33 Å². The van der Waals surface area contributed by atoms with Crippen LogP contribution in [-0.2, 0) is 6.42 Å². The zero-order valence-corrected chi connectivity index (χ0v) is 11.2. The standard InChI is InChI=1S/C12H19N5O/c1-12(2,3)9(13-4)5-8-6-10-15-16-11(18)17(10)7-14-8/h6-7,9,13H,5H2,1-4H3,(H,16,18). The van der Waals surface area contributed by atoms with Crippen molar-refractivity contribution in [3.05, 3.63) is 28.6 Å². The normalized spacial score (nSPS) is 14.0. The van der Waals surface area contributed by atoms with E-state index >= 15 is 0 Å². The van der Waals surface area contributed by atoms with Crippen molar-refractivity contribution in [1.29, 1.82) is 0 Å². The number of nitrogens with zero attached hydrogens (tertiary/aromatic N) is 3. The first-order valence-corrected chi connectivity index (χ1v) is 6.01. The molecule has 0 fully saturated rings. The summed E-state index contributed by atoms with van der Waals surface area (Å²) >= 11 is 0. The minimum atomic E-state index is -0.259. The van der Waals surface area contributed by atoms with Crippen LogP contribution >= 0.6 is 0 Å². The van der Waals surface area contributed by atoms with Gasteiger partial charge in [0.2, 0.25) is 0 Å². The van der Waals surface area contributed by atoms with E-state index in [2.05, 4.69) is 41.3 Å². The molecule has 0 bridgehead atoms. The Hall–Kier alpha value is -1.69. The Kier molecular flexibility index (Phi) is 3.21. The molecule has 2 aromatic heterocycles. The average molecular weight is 249 g/mol. The summed E-state index contributed by atoms with van der Waals surface area (Å²) in [4.78, 5) is 15.6. The number of fused-ring (bicyclic) bond motifs is 1. The van der Waals surface area contributed by atoms with Gasteiger partial charge in [0.25, 0.3) is 0 Å². The molecule has 2 heterocycles. The molecule has 0 aliphatic carbocycles. The minimum absolute atomic E-state index is 0.147. The fourth-order valence-corrected chi connectivity index (χ4v) is 2.01. The molecular weight excluding hydrogens is 230 g/mol. The predicted octanol–water partition coefficient (Wildman–Crippen LogP) is 0.594. The van der Waals surface area contributed by atoms with E-state index in [0.717, 1.165) is 12.1 Å². The number of rotatable bonds is 3. The molecule has 2 aromatic rings. The molecule has 0 aliphatic heterocycles. The predicted molar refractivity (Wildman–Crippen MR) is 69.6 cm³/mol. The zero-order valence-electron chi connectivity index (χ0n) is 11.2. The Morgan fingerprint density at radius 2 is 2.22 bits per heavy atom. The summed E-state index contributed by atoms with van der Waals surface area (Å²) in [6.07, 6.45) is 2.32. The van der Waals surface area contributed by atoms with Crippen LogP contribution in [0.15, 0.2) is 17.2 Å². The van der Waals surface area contributed by atoms with Gasteiger partial charge in [-0.25, -0.2) is 19.3 Å². The van der Waals surface area contributed by atoms with Crippen molar-refractivity contribution in [1.82, 2.24) is 24.9 Å². The Balaban J connectivity index is 2.29. The number of aromatic amines is 1. The zero-order chi connectivity index (χ0) is 13.3. The first kappa shape index (κ1) is 12.8. The van der Waals surface area contributed by atoms with Crippen LogP contribution in [0.25, 0.3) is 5.65 Å². The van der Waals surface area contributed by atoms with Crippen LogP contribution in [0.3, 0.4) is 0 Å². The smallest absolute Gasteiger partial charge is 0.316 e. The van der Waals surface area contributed by atoms with E-state index in [4.69, 9.17) is 0 Å². The molecule has 98 valence electrons. The molecular formula is C12H19N5O. The Bertz CT molecular complexity index is 592. The van der Waals surface area contributed by atoms with Crippen molar-refractivity contribution in [3.63, 3.8) is 0 Å². The van der Waals surface area contributed by atoms with Crippen LogP contribution in [-0.4, -0.2) is 32.7 Å². The van der Waals surface area contributed by atoms with Crippen molar-refractivity contribution in [2.45, 2.75) is 33.2 Å². The second-order valence-electron chi connectivity index (χ2n) is 5.55. The van der Waals surface area contributed by atoms with Gasteiger partial charge in [-0.3, -0.25) is 0 Å². The Labute approximate surface area is 105 Å². The lowest BCUT2D eigenvalue weighted by atomic mass is 9.84. The highest BCUT2D eigenvalue weighted by molar-refractivity contribution is 5.36. The van der Waals surface area contributed by atoms with E-state index in [1.54, 1.807) is 0 Å². The van der Waals surface area contributed by atoms with Gasteiger partial charge in [-0.1, -0.05) is 20.8 Å². The molecule has 18 heavy (non-hydrogen) atoms. The fourth-order valence-electron chi connectivity index (χ4n) is 2.01. The van der Waals surface area contributed by atoms with E-state index in [-0.39, 0.29) is 11.1 Å². The van der Waals surface area contributed by atoms with Crippen LogP contribution in [0, 0.1) is 5.41 Å². The highest BCUT2D eigenvalue weighted by atomic mass is 16.1. The molecule has 1 atom stereocenters. The maximum atomic E-state index is 11.3. The SMILES string of the molecule is CNC(Cc1cc2n[nH]c(=O)n2cn1)C(C)(C)C. The first-order valence-electron chi connectivity index (χ1n) is 6.01. The van der Waals surface area contributed by atoms with Crippen LogP contribution in [0.5, 0.6) is 0 Å². The van der Waals surface area contributed by atoms with E-state index in [1.807, 2.05) is 13.1 Å². The largest absolute Gasteiger partial charge is 0.348 e. The summed E-state index contributed by atoms with van der Waals surface area (Å²) in [7, 11) is 1.95. The van der Waals surface area contributed by atoms with Gasteiger partial charge in [-0.15, -0.1) is 0 Å². The molecule has 0 radical (unpaired) electrons. The minimum Gasteiger partial charge on any atom is -0.316 e. The quantitative estimate of drug-likeness (QED) is 0.835. The number of hydrogen-bond acceptors (Lipinski definition) is 4. The van der Waals surface area contributed by atoms with Gasteiger partial charge in [0, 0.05) is 24.2 Å². The maximum Gasteiger partial charge on any atom is 0.348 e. The molecule has 2 rings (SSSR count). The van der Waals surface area contributed by atoms with Crippen LogP contribution in [0.1, 0.15) is 26.5 Å². The topological polar surface area (TPSA) is 75.1 Å². The monoisotopic (exact) mass is 249 g/mol. The lowest BCUT2D eigenvalue weighted by Gasteiger charge is -2.30. The maximum absolute atomic E-state index is 11.3. The third kappa shape index (κ3) is 2.43. The molecule has 0 saturated heterocycles. The molecule has 2 N–H and O–H groups in total. The fraction of sp³-hybridized carbons (Fsp3) is 0.583. The number of nitrogens with one attached hydrogen (secondary N) is 2. The van der Waals surface area contributed by atoms with Gasteiger partial charge in [-0.05, 0) is 12.5 Å². The van der Waals surface area contributed by atoms with Gasteiger partial charge >= 0.3 is 5.69 Å². The second-order valence-corrected chi connectivity index (χ2v) is 5.55. The molecule has 0 amide bonds. The number of aromatic nitrogens is 4. The molecule has 6 nitrogen and oxygen atoms in total. The first-order chi connectivity index (χ1) is 8.41. The Morgan fingerprint density at radius 3 is 2.83 bits per heavy atom. The van der Waals surface area contributed by atoms with E-state index in [1.165, 1.54) is 10.7 Å². The van der Waals surface area contributed by atoms with Crippen molar-refractivity contribution >= 4 is 5.65 Å². The highest BCUT2D eigenvalue weighted by Crippen LogP contribution is 2.21. The van der Waals surface area contributed by atoms with Gasteiger partial charge < -0.3 is 5.32 Å². The number of H-pyrrole nitrogens is 1. The van der Waals surface area contributed by atoms with Crippen molar-refractivity contribution in [2.75, 3.05) is 7.05 Å². The number of hydrogen-bond donors (Lipinski definition) is 2. The molecule has 0 aromatic carbocycles. The van der Waals surface area contributed by atoms with E-state index < -0.39 is 0 Å². The van der Waals surface area contributed by atoms with E-state index in [9.17, 15) is 4.79 Å². The van der Waals surface area contributed by atoms with Gasteiger partial charge in [-0.2, -0.15) is 5.10 Å². The summed E-state index contributed by atoms with van der Waals surface area (Å²) in [5, 5.41) is 9.65. The molecule has 0 aliphatic rings. The number of likely N-dealkylation sites (N-methyl/N-ethyl adjacent to an activating group) is 1. The lowest BCUT2D eigenvalue weighted by molar-refractivity contribution is 0.278. The van der Waals surface area contributed by atoms with Crippen LogP contribution < -0.4 is 11.0 Å². The summed E-state index contributed by atoms with van der Waals surface area (Å²) in [5.74, 6) is 0. The molecule has 6 heteroatoms. The van der Waals surface area contributed by atoms with E-state index in [0.29, 0.717) is 11.7 Å². The summed E-state index contributed by atoms with van der Waals surface area (Å²) in [6, 6.07) is 2.16. The van der Waals surface area contributed by atoms with Crippen molar-refractivity contribution < 1.29 is 0 Å². The van der Waals surface area contributed by atoms with Crippen molar-refractivity contribution in [2.24, 2.45) is 5.41 Å². The molecule has 1 unspecified atom stereocenters. The Morgan fingerprint density at radius 1 is 1.50 bits per heavy atom. The lowest BCUT2D eigenvalue weighted by Crippen LogP contribution is -2.40. The van der Waals surface area contributed by atoms with Gasteiger partial charge in [0.05, 0.1) is 0 Å². The van der Waals surface area contributed by atoms with Crippen LogP contribution in [0.4, 0.5) is 0 Å². The summed E-state index contributed by atoms with van der Waals surface area (Å²) in [6.45, 7) is 6.56. The van der Waals surface area contributed by atoms with Crippen molar-refractivity contribution in [3.8, 4) is 0 Å². The highest BCUT2D eigenvalue weighted by Gasteiger charge is 2.23. The molecule has 0 saturated carbocycles. The average Bonchev–Trinajstić information content (AvgIpc) is 2.66.